The Morgan fingerprint density at radius 1 is 1.21 bits per heavy atom. The molecule has 0 aliphatic carbocycles. The monoisotopic (exact) mass is 386 g/mol. The minimum atomic E-state index is -0.468. The van der Waals surface area contributed by atoms with Crippen molar-refractivity contribution in [3.8, 4) is 11.5 Å². The molecule has 3 rings (SSSR count). The highest BCUT2D eigenvalue weighted by atomic mass is 16.5. The van der Waals surface area contributed by atoms with Gasteiger partial charge in [0.25, 0.3) is 0 Å². The zero-order chi connectivity index (χ0) is 20.1. The van der Waals surface area contributed by atoms with Gasteiger partial charge in [-0.1, -0.05) is 19.4 Å². The molecular formula is C20H26N4O4. The Labute approximate surface area is 164 Å². The minimum absolute atomic E-state index is 0.297. The standard InChI is InChI=1S/C20H26N4O4/c1-5-8-14-17(19(25)28-7-3)18(24-20(23-14)21-12-22-24)13-9-10-15(26-4)16(11-13)27-6-2/h9-12,18H,5-8H2,1-4H3,(H,21,22,23). The van der Waals surface area contributed by atoms with Crippen LogP contribution in [-0.4, -0.2) is 41.1 Å². The molecule has 0 fully saturated rings. The molecule has 28 heavy (non-hydrogen) atoms. The van der Waals surface area contributed by atoms with Crippen molar-refractivity contribution in [1.29, 1.82) is 0 Å². The van der Waals surface area contributed by atoms with Gasteiger partial charge in [-0.15, -0.1) is 0 Å². The summed E-state index contributed by atoms with van der Waals surface area (Å²) >= 11 is 0. The van der Waals surface area contributed by atoms with Crippen molar-refractivity contribution in [2.45, 2.75) is 39.7 Å². The molecular weight excluding hydrogens is 360 g/mol. The summed E-state index contributed by atoms with van der Waals surface area (Å²) in [4.78, 5) is 17.2. The van der Waals surface area contributed by atoms with E-state index in [1.807, 2.05) is 25.1 Å². The number of fused-ring (bicyclic) bond motifs is 1. The van der Waals surface area contributed by atoms with E-state index in [0.29, 0.717) is 42.7 Å². The number of ether oxygens (including phenoxy) is 3. The number of methoxy groups -OCH3 is 1. The van der Waals surface area contributed by atoms with E-state index < -0.39 is 6.04 Å². The van der Waals surface area contributed by atoms with Crippen molar-refractivity contribution < 1.29 is 19.0 Å². The average Bonchev–Trinajstić information content (AvgIpc) is 3.15. The van der Waals surface area contributed by atoms with Crippen molar-refractivity contribution in [2.75, 3.05) is 25.6 Å². The molecule has 1 aliphatic heterocycles. The van der Waals surface area contributed by atoms with Gasteiger partial charge in [0.2, 0.25) is 5.95 Å². The van der Waals surface area contributed by atoms with E-state index in [9.17, 15) is 4.79 Å². The van der Waals surface area contributed by atoms with Gasteiger partial charge in [-0.05, 0) is 38.0 Å². The van der Waals surface area contributed by atoms with Crippen molar-refractivity contribution in [2.24, 2.45) is 0 Å². The first-order chi connectivity index (χ1) is 13.6. The molecule has 8 heteroatoms. The Hall–Kier alpha value is -3.03. The summed E-state index contributed by atoms with van der Waals surface area (Å²) < 4.78 is 18.2. The SMILES string of the molecule is CCCC1=C(C(=O)OCC)C(c2ccc(OC)c(OCC)c2)n2ncnc2N1. The molecule has 0 saturated heterocycles. The minimum Gasteiger partial charge on any atom is -0.493 e. The zero-order valence-electron chi connectivity index (χ0n) is 16.7. The molecule has 1 aromatic heterocycles. The highest BCUT2D eigenvalue weighted by molar-refractivity contribution is 5.92. The average molecular weight is 386 g/mol. The van der Waals surface area contributed by atoms with Crippen LogP contribution in [0.15, 0.2) is 35.8 Å². The molecule has 0 spiro atoms. The second-order valence-corrected chi connectivity index (χ2v) is 6.26. The highest BCUT2D eigenvalue weighted by Gasteiger charge is 2.35. The van der Waals surface area contributed by atoms with Crippen molar-refractivity contribution in [3.05, 3.63) is 41.4 Å². The molecule has 1 atom stereocenters. The number of carbonyl (C=O) groups excluding carboxylic acids is 1. The van der Waals surface area contributed by atoms with Gasteiger partial charge in [0.15, 0.2) is 11.5 Å². The third-order valence-corrected chi connectivity index (χ3v) is 4.48. The number of nitrogens with zero attached hydrogens (tertiary/aromatic N) is 3. The maximum atomic E-state index is 12.9. The largest absolute Gasteiger partial charge is 0.493 e. The van der Waals surface area contributed by atoms with E-state index in [1.165, 1.54) is 6.33 Å². The zero-order valence-corrected chi connectivity index (χ0v) is 16.7. The van der Waals surface area contributed by atoms with Gasteiger partial charge < -0.3 is 19.5 Å². The van der Waals surface area contributed by atoms with Crippen LogP contribution in [0.5, 0.6) is 11.5 Å². The number of allylic oxidation sites excluding steroid dienone is 1. The van der Waals surface area contributed by atoms with Crippen LogP contribution < -0.4 is 14.8 Å². The van der Waals surface area contributed by atoms with Crippen molar-refractivity contribution in [1.82, 2.24) is 14.8 Å². The molecule has 0 bridgehead atoms. The van der Waals surface area contributed by atoms with Crippen LogP contribution in [0.3, 0.4) is 0 Å². The van der Waals surface area contributed by atoms with E-state index >= 15 is 0 Å². The Morgan fingerprint density at radius 2 is 2.04 bits per heavy atom. The first-order valence-corrected chi connectivity index (χ1v) is 9.51. The number of hydrogen-bond acceptors (Lipinski definition) is 7. The smallest absolute Gasteiger partial charge is 0.338 e. The van der Waals surface area contributed by atoms with Gasteiger partial charge in [-0.25, -0.2) is 9.48 Å². The summed E-state index contributed by atoms with van der Waals surface area (Å²) in [6, 6.07) is 5.16. The number of rotatable bonds is 8. The molecule has 1 unspecified atom stereocenters. The number of anilines is 1. The summed E-state index contributed by atoms with van der Waals surface area (Å²) in [6.45, 7) is 6.57. The molecule has 1 aromatic carbocycles. The van der Waals surface area contributed by atoms with Crippen LogP contribution in [0.4, 0.5) is 5.95 Å². The topological polar surface area (TPSA) is 87.5 Å². The van der Waals surface area contributed by atoms with Crippen LogP contribution in [0, 0.1) is 0 Å². The second-order valence-electron chi connectivity index (χ2n) is 6.26. The van der Waals surface area contributed by atoms with Gasteiger partial charge in [0, 0.05) is 5.70 Å². The predicted molar refractivity (Wildman–Crippen MR) is 105 cm³/mol. The first kappa shape index (κ1) is 19.7. The van der Waals surface area contributed by atoms with Crippen molar-refractivity contribution in [3.63, 3.8) is 0 Å². The van der Waals surface area contributed by atoms with E-state index in [4.69, 9.17) is 14.2 Å². The van der Waals surface area contributed by atoms with Gasteiger partial charge in [0.05, 0.1) is 25.9 Å². The number of nitrogens with one attached hydrogen (secondary N) is 1. The lowest BCUT2D eigenvalue weighted by Gasteiger charge is -2.29. The molecule has 1 N–H and O–H groups in total. The molecule has 8 nitrogen and oxygen atoms in total. The molecule has 2 aromatic rings. The molecule has 0 saturated carbocycles. The molecule has 2 heterocycles. The lowest BCUT2D eigenvalue weighted by atomic mass is 9.93. The summed E-state index contributed by atoms with van der Waals surface area (Å²) in [5.74, 6) is 1.48. The molecule has 150 valence electrons. The number of esters is 1. The fourth-order valence-corrected chi connectivity index (χ4v) is 3.35. The quantitative estimate of drug-likeness (QED) is 0.696. The van der Waals surface area contributed by atoms with Gasteiger partial charge >= 0.3 is 5.97 Å². The van der Waals surface area contributed by atoms with Gasteiger partial charge in [-0.2, -0.15) is 10.1 Å². The van der Waals surface area contributed by atoms with Crippen LogP contribution in [0.1, 0.15) is 45.2 Å². The summed E-state index contributed by atoms with van der Waals surface area (Å²) in [7, 11) is 1.60. The summed E-state index contributed by atoms with van der Waals surface area (Å²) in [5, 5.41) is 7.59. The second kappa shape index (κ2) is 8.77. The summed E-state index contributed by atoms with van der Waals surface area (Å²) in [6.07, 6.45) is 3.05. The fourth-order valence-electron chi connectivity index (χ4n) is 3.35. The van der Waals surface area contributed by atoms with Crippen LogP contribution in [-0.2, 0) is 9.53 Å². The lowest BCUT2D eigenvalue weighted by molar-refractivity contribution is -0.139. The molecule has 0 radical (unpaired) electrons. The van der Waals surface area contributed by atoms with Crippen LogP contribution in [0.25, 0.3) is 0 Å². The third-order valence-electron chi connectivity index (χ3n) is 4.48. The van der Waals surface area contributed by atoms with Crippen molar-refractivity contribution >= 4 is 11.9 Å². The predicted octanol–water partition coefficient (Wildman–Crippen LogP) is 3.32. The number of benzene rings is 1. The Morgan fingerprint density at radius 3 is 2.71 bits per heavy atom. The van der Waals surface area contributed by atoms with Crippen LogP contribution >= 0.6 is 0 Å². The maximum Gasteiger partial charge on any atom is 0.338 e. The number of hydrogen-bond donors (Lipinski definition) is 1. The molecule has 1 aliphatic rings. The Balaban J connectivity index is 2.17. The Kier molecular flexibility index (Phi) is 6.18. The highest BCUT2D eigenvalue weighted by Crippen LogP contribution is 2.39. The first-order valence-electron chi connectivity index (χ1n) is 9.51. The normalized spacial score (nSPS) is 15.6. The van der Waals surface area contributed by atoms with E-state index in [0.717, 1.165) is 17.7 Å². The van der Waals surface area contributed by atoms with E-state index in [-0.39, 0.29) is 5.97 Å². The van der Waals surface area contributed by atoms with Gasteiger partial charge in [0.1, 0.15) is 12.4 Å². The molecule has 0 amide bonds. The fraction of sp³-hybridized carbons (Fsp3) is 0.450. The summed E-state index contributed by atoms with van der Waals surface area (Å²) in [5.41, 5.74) is 2.18. The number of aromatic nitrogens is 3. The van der Waals surface area contributed by atoms with Gasteiger partial charge in [-0.3, -0.25) is 0 Å². The Bertz CT molecular complexity index is 875. The number of carbonyl (C=O) groups is 1. The van der Waals surface area contributed by atoms with Crippen LogP contribution in [0.2, 0.25) is 0 Å². The maximum absolute atomic E-state index is 12.9. The van der Waals surface area contributed by atoms with E-state index in [2.05, 4.69) is 22.3 Å². The lowest BCUT2D eigenvalue weighted by Crippen LogP contribution is -2.30. The third kappa shape index (κ3) is 3.67. The van der Waals surface area contributed by atoms with E-state index in [1.54, 1.807) is 18.7 Å².